The molecule has 0 saturated carbocycles. The van der Waals surface area contributed by atoms with E-state index < -0.39 is 11.7 Å². The van der Waals surface area contributed by atoms with Crippen LogP contribution in [0.2, 0.25) is 0 Å². The first kappa shape index (κ1) is 18.1. The zero-order valence-corrected chi connectivity index (χ0v) is 14.7. The lowest BCUT2D eigenvalue weighted by molar-refractivity contribution is 0.102. The second-order valence-corrected chi connectivity index (χ2v) is 5.42. The molecule has 0 saturated heterocycles. The molecule has 0 fully saturated rings. The van der Waals surface area contributed by atoms with Crippen LogP contribution in [-0.4, -0.2) is 30.1 Å². The summed E-state index contributed by atoms with van der Waals surface area (Å²) in [5.74, 6) is 0.474. The maximum absolute atomic E-state index is 13.7. The molecule has 138 valence electrons. The number of rotatable bonds is 6. The molecule has 1 heterocycles. The van der Waals surface area contributed by atoms with Gasteiger partial charge in [0.2, 0.25) is 0 Å². The largest absolute Gasteiger partial charge is 0.493 e. The van der Waals surface area contributed by atoms with Crippen molar-refractivity contribution in [3.05, 3.63) is 66.4 Å². The third kappa shape index (κ3) is 4.30. The maximum Gasteiger partial charge on any atom is 0.274 e. The van der Waals surface area contributed by atoms with Crippen LogP contribution >= 0.6 is 0 Å². The predicted octanol–water partition coefficient (Wildman–Crippen LogP) is 3.63. The van der Waals surface area contributed by atoms with Gasteiger partial charge in [0.05, 0.1) is 19.9 Å². The Kier molecular flexibility index (Phi) is 5.46. The molecular formula is C19H17FN4O3. The molecule has 0 unspecified atom stereocenters. The predicted molar refractivity (Wildman–Crippen MR) is 99.2 cm³/mol. The van der Waals surface area contributed by atoms with E-state index in [0.717, 1.165) is 0 Å². The normalized spacial score (nSPS) is 10.2. The Morgan fingerprint density at radius 3 is 2.52 bits per heavy atom. The number of aromatic nitrogens is 2. The van der Waals surface area contributed by atoms with Gasteiger partial charge in [-0.15, -0.1) is 0 Å². The van der Waals surface area contributed by atoms with Crippen molar-refractivity contribution in [3.8, 4) is 11.5 Å². The molecule has 2 N–H and O–H groups in total. The lowest BCUT2D eigenvalue weighted by Crippen LogP contribution is -2.15. The van der Waals surface area contributed by atoms with Crippen LogP contribution in [0.4, 0.5) is 21.6 Å². The van der Waals surface area contributed by atoms with Crippen molar-refractivity contribution in [2.45, 2.75) is 0 Å². The molecule has 0 bridgehead atoms. The number of hydrogen-bond acceptors (Lipinski definition) is 6. The number of nitrogens with zero attached hydrogens (tertiary/aromatic N) is 2. The highest BCUT2D eigenvalue weighted by molar-refractivity contribution is 6.03. The average molecular weight is 368 g/mol. The van der Waals surface area contributed by atoms with Gasteiger partial charge in [0, 0.05) is 17.8 Å². The van der Waals surface area contributed by atoms with Crippen LogP contribution in [0.15, 0.2) is 54.9 Å². The van der Waals surface area contributed by atoms with Crippen molar-refractivity contribution in [1.82, 2.24) is 9.97 Å². The van der Waals surface area contributed by atoms with E-state index in [1.54, 1.807) is 37.4 Å². The molecule has 0 aliphatic carbocycles. The molecular weight excluding hydrogens is 351 g/mol. The number of nitrogens with one attached hydrogen (secondary N) is 2. The van der Waals surface area contributed by atoms with Gasteiger partial charge in [-0.2, -0.15) is 0 Å². The molecule has 0 atom stereocenters. The topological polar surface area (TPSA) is 85.4 Å². The van der Waals surface area contributed by atoms with Crippen molar-refractivity contribution in [1.29, 1.82) is 0 Å². The van der Waals surface area contributed by atoms with Crippen molar-refractivity contribution in [3.63, 3.8) is 0 Å². The van der Waals surface area contributed by atoms with E-state index in [0.29, 0.717) is 23.0 Å². The Morgan fingerprint density at radius 1 is 1.00 bits per heavy atom. The highest BCUT2D eigenvalue weighted by atomic mass is 19.1. The van der Waals surface area contributed by atoms with Gasteiger partial charge >= 0.3 is 0 Å². The number of hydrogen-bond donors (Lipinski definition) is 2. The molecule has 1 amide bonds. The van der Waals surface area contributed by atoms with E-state index >= 15 is 0 Å². The Morgan fingerprint density at radius 2 is 1.78 bits per heavy atom. The molecule has 0 spiro atoms. The molecule has 8 heteroatoms. The molecule has 0 radical (unpaired) electrons. The van der Waals surface area contributed by atoms with Crippen molar-refractivity contribution < 1.29 is 18.7 Å². The van der Waals surface area contributed by atoms with E-state index in [1.807, 2.05) is 0 Å². The Bertz CT molecular complexity index is 965. The molecule has 3 aromatic rings. The quantitative estimate of drug-likeness (QED) is 0.691. The van der Waals surface area contributed by atoms with Gasteiger partial charge in [-0.1, -0.05) is 12.1 Å². The van der Waals surface area contributed by atoms with Crippen LogP contribution in [0.3, 0.4) is 0 Å². The van der Waals surface area contributed by atoms with Crippen LogP contribution in [0.25, 0.3) is 0 Å². The van der Waals surface area contributed by atoms with Gasteiger partial charge in [0.15, 0.2) is 11.5 Å². The number of para-hydroxylation sites is 1. The molecule has 0 aliphatic heterocycles. The van der Waals surface area contributed by atoms with E-state index in [1.165, 1.54) is 31.6 Å². The Labute approximate surface area is 155 Å². The van der Waals surface area contributed by atoms with Crippen molar-refractivity contribution in [2.24, 2.45) is 0 Å². The summed E-state index contributed by atoms with van der Waals surface area (Å²) in [6.45, 7) is 0. The lowest BCUT2D eigenvalue weighted by atomic mass is 10.2. The van der Waals surface area contributed by atoms with Crippen LogP contribution in [0, 0.1) is 5.82 Å². The van der Waals surface area contributed by atoms with Gasteiger partial charge in [-0.25, -0.2) is 14.4 Å². The maximum atomic E-state index is 13.7. The van der Waals surface area contributed by atoms with Gasteiger partial charge in [-0.05, 0) is 24.3 Å². The summed E-state index contributed by atoms with van der Waals surface area (Å²) >= 11 is 0. The summed E-state index contributed by atoms with van der Waals surface area (Å²) < 4.78 is 24.1. The third-order valence-electron chi connectivity index (χ3n) is 3.68. The SMILES string of the molecule is COc1ccc(Nc2cc(C(=O)Nc3ccccc3F)ncn2)cc1OC. The van der Waals surface area contributed by atoms with Crippen molar-refractivity contribution >= 4 is 23.1 Å². The van der Waals surface area contributed by atoms with Gasteiger partial charge < -0.3 is 20.1 Å². The summed E-state index contributed by atoms with van der Waals surface area (Å²) in [5, 5.41) is 5.54. The Balaban J connectivity index is 1.77. The lowest BCUT2D eigenvalue weighted by Gasteiger charge is -2.11. The number of amides is 1. The second kappa shape index (κ2) is 8.13. The summed E-state index contributed by atoms with van der Waals surface area (Å²) in [7, 11) is 3.09. The second-order valence-electron chi connectivity index (χ2n) is 5.42. The number of methoxy groups -OCH3 is 2. The first-order chi connectivity index (χ1) is 13.1. The molecule has 3 rings (SSSR count). The number of anilines is 3. The fraction of sp³-hybridized carbons (Fsp3) is 0.105. The monoisotopic (exact) mass is 368 g/mol. The van der Waals surface area contributed by atoms with E-state index in [2.05, 4.69) is 20.6 Å². The number of carbonyl (C=O) groups is 1. The molecule has 1 aromatic heterocycles. The zero-order valence-electron chi connectivity index (χ0n) is 14.7. The minimum Gasteiger partial charge on any atom is -0.493 e. The molecule has 27 heavy (non-hydrogen) atoms. The zero-order chi connectivity index (χ0) is 19.2. The first-order valence-corrected chi connectivity index (χ1v) is 7.97. The van der Waals surface area contributed by atoms with Crippen LogP contribution in [-0.2, 0) is 0 Å². The van der Waals surface area contributed by atoms with Crippen LogP contribution in [0.5, 0.6) is 11.5 Å². The molecule has 7 nitrogen and oxygen atoms in total. The number of ether oxygens (including phenoxy) is 2. The minimum atomic E-state index is -0.544. The molecule has 2 aromatic carbocycles. The first-order valence-electron chi connectivity index (χ1n) is 7.97. The summed E-state index contributed by atoms with van der Waals surface area (Å²) in [6.07, 6.45) is 1.25. The highest BCUT2D eigenvalue weighted by Gasteiger charge is 2.12. The highest BCUT2D eigenvalue weighted by Crippen LogP contribution is 2.30. The van der Waals surface area contributed by atoms with Gasteiger partial charge in [0.25, 0.3) is 5.91 Å². The van der Waals surface area contributed by atoms with E-state index in [-0.39, 0.29) is 11.4 Å². The van der Waals surface area contributed by atoms with E-state index in [4.69, 9.17) is 9.47 Å². The fourth-order valence-corrected chi connectivity index (χ4v) is 2.36. The van der Waals surface area contributed by atoms with Gasteiger partial charge in [-0.3, -0.25) is 4.79 Å². The minimum absolute atomic E-state index is 0.0792. The van der Waals surface area contributed by atoms with Crippen LogP contribution in [0.1, 0.15) is 10.5 Å². The third-order valence-corrected chi connectivity index (χ3v) is 3.68. The molecule has 0 aliphatic rings. The average Bonchev–Trinajstić information content (AvgIpc) is 2.69. The van der Waals surface area contributed by atoms with Gasteiger partial charge in [0.1, 0.15) is 23.7 Å². The summed E-state index contributed by atoms with van der Waals surface area (Å²) in [5.41, 5.74) is 0.860. The van der Waals surface area contributed by atoms with Crippen molar-refractivity contribution in [2.75, 3.05) is 24.9 Å². The fourth-order valence-electron chi connectivity index (χ4n) is 2.36. The number of carbonyl (C=O) groups excluding carboxylic acids is 1. The standard InChI is InChI=1S/C19H17FN4O3/c1-26-16-8-7-12(9-17(16)27-2)23-18-10-15(21-11-22-18)19(25)24-14-6-4-3-5-13(14)20/h3-11H,1-2H3,(H,24,25)(H,21,22,23). The Hall–Kier alpha value is -3.68. The smallest absolute Gasteiger partial charge is 0.274 e. The summed E-state index contributed by atoms with van der Waals surface area (Å²) in [6, 6.07) is 12.6. The number of halogens is 1. The van der Waals surface area contributed by atoms with E-state index in [9.17, 15) is 9.18 Å². The number of benzene rings is 2. The summed E-state index contributed by atoms with van der Waals surface area (Å²) in [4.78, 5) is 20.4. The van der Waals surface area contributed by atoms with Crippen LogP contribution < -0.4 is 20.1 Å².